The number of aromatic nitrogens is 3. The molecule has 0 aliphatic rings. The summed E-state index contributed by atoms with van der Waals surface area (Å²) in [6.45, 7) is 6.43. The predicted molar refractivity (Wildman–Crippen MR) is 79.5 cm³/mol. The van der Waals surface area contributed by atoms with Gasteiger partial charge in [0.25, 0.3) is 0 Å². The van der Waals surface area contributed by atoms with E-state index >= 15 is 0 Å². The van der Waals surface area contributed by atoms with Crippen LogP contribution in [0.15, 0.2) is 55.5 Å². The van der Waals surface area contributed by atoms with Crippen LogP contribution in [-0.4, -0.2) is 21.4 Å². The lowest BCUT2D eigenvalue weighted by Gasteiger charge is -2.06. The van der Waals surface area contributed by atoms with Crippen LogP contribution in [0.5, 0.6) is 0 Å². The molecule has 20 heavy (non-hydrogen) atoms. The van der Waals surface area contributed by atoms with Crippen LogP contribution in [0.1, 0.15) is 12.5 Å². The Morgan fingerprint density at radius 1 is 1.30 bits per heavy atom. The number of hydrogen-bond donors (Lipinski definition) is 0. The molecule has 2 aromatic heterocycles. The number of fused-ring (bicyclic) bond motifs is 1. The summed E-state index contributed by atoms with van der Waals surface area (Å²) in [4.78, 5) is 4.36. The van der Waals surface area contributed by atoms with Crippen LogP contribution in [0, 0.1) is 0 Å². The Kier molecular flexibility index (Phi) is 3.21. The molecule has 0 saturated heterocycles. The van der Waals surface area contributed by atoms with Gasteiger partial charge in [-0.3, -0.25) is 4.98 Å². The number of ether oxygens (including phenoxy) is 1. The maximum atomic E-state index is 5.40. The van der Waals surface area contributed by atoms with Crippen LogP contribution < -0.4 is 0 Å². The second-order valence-corrected chi connectivity index (χ2v) is 4.38. The molecule has 4 nitrogen and oxygen atoms in total. The topological polar surface area (TPSA) is 39.9 Å². The molecule has 0 spiro atoms. The summed E-state index contributed by atoms with van der Waals surface area (Å²) >= 11 is 0. The van der Waals surface area contributed by atoms with Crippen molar-refractivity contribution in [1.29, 1.82) is 0 Å². The molecule has 0 aliphatic carbocycles. The van der Waals surface area contributed by atoms with Crippen molar-refractivity contribution in [2.24, 2.45) is 0 Å². The van der Waals surface area contributed by atoms with E-state index in [1.54, 1.807) is 12.4 Å². The van der Waals surface area contributed by atoms with Gasteiger partial charge in [-0.1, -0.05) is 12.6 Å². The second-order valence-electron chi connectivity index (χ2n) is 4.38. The van der Waals surface area contributed by atoms with Gasteiger partial charge < -0.3 is 4.74 Å². The first-order chi connectivity index (χ1) is 9.79. The van der Waals surface area contributed by atoms with Gasteiger partial charge in [-0.05, 0) is 31.2 Å². The Labute approximate surface area is 117 Å². The van der Waals surface area contributed by atoms with Crippen molar-refractivity contribution in [3.8, 4) is 5.69 Å². The Hall–Kier alpha value is -2.62. The smallest absolute Gasteiger partial charge is 0.122 e. The van der Waals surface area contributed by atoms with Crippen molar-refractivity contribution in [1.82, 2.24) is 14.8 Å². The first-order valence-corrected chi connectivity index (χ1v) is 6.50. The van der Waals surface area contributed by atoms with Gasteiger partial charge in [0, 0.05) is 17.8 Å². The van der Waals surface area contributed by atoms with Crippen LogP contribution in [0.4, 0.5) is 0 Å². The van der Waals surface area contributed by atoms with Gasteiger partial charge in [-0.25, -0.2) is 4.68 Å². The lowest BCUT2D eigenvalue weighted by Crippen LogP contribution is -1.96. The highest BCUT2D eigenvalue weighted by atomic mass is 16.5. The molecule has 0 radical (unpaired) electrons. The van der Waals surface area contributed by atoms with Gasteiger partial charge in [0.15, 0.2) is 0 Å². The average molecular weight is 265 g/mol. The quantitative estimate of drug-likeness (QED) is 0.678. The number of pyridine rings is 1. The van der Waals surface area contributed by atoms with Gasteiger partial charge in [-0.15, -0.1) is 0 Å². The Morgan fingerprint density at radius 2 is 2.20 bits per heavy atom. The van der Waals surface area contributed by atoms with Crippen molar-refractivity contribution >= 4 is 16.7 Å². The minimum absolute atomic E-state index is 0.599. The van der Waals surface area contributed by atoms with Crippen LogP contribution in [0.2, 0.25) is 0 Å². The average Bonchev–Trinajstić information content (AvgIpc) is 2.97. The first kappa shape index (κ1) is 12.4. The monoisotopic (exact) mass is 265 g/mol. The predicted octanol–water partition coefficient (Wildman–Crippen LogP) is 3.43. The highest BCUT2D eigenvalue weighted by Crippen LogP contribution is 2.21. The normalized spacial score (nSPS) is 10.7. The van der Waals surface area contributed by atoms with Crippen LogP contribution in [0.3, 0.4) is 0 Å². The molecule has 100 valence electrons. The van der Waals surface area contributed by atoms with E-state index < -0.39 is 0 Å². The summed E-state index contributed by atoms with van der Waals surface area (Å²) in [7, 11) is 0. The lowest BCUT2D eigenvalue weighted by molar-refractivity contribution is 0.299. The molecule has 0 unspecified atom stereocenters. The van der Waals surface area contributed by atoms with Gasteiger partial charge in [0.1, 0.15) is 5.76 Å². The van der Waals surface area contributed by atoms with E-state index in [0.717, 1.165) is 22.2 Å². The van der Waals surface area contributed by atoms with Gasteiger partial charge in [0.05, 0.1) is 29.6 Å². The molecule has 0 N–H and O–H groups in total. The summed E-state index contributed by atoms with van der Waals surface area (Å²) in [6.07, 6.45) is 5.46. The molecular formula is C16H15N3O. The molecule has 3 rings (SSSR count). The van der Waals surface area contributed by atoms with Gasteiger partial charge in [-0.2, -0.15) is 5.10 Å². The van der Waals surface area contributed by atoms with Crippen molar-refractivity contribution in [2.75, 3.05) is 6.61 Å². The number of rotatable bonds is 4. The van der Waals surface area contributed by atoms with E-state index in [-0.39, 0.29) is 0 Å². The lowest BCUT2D eigenvalue weighted by atomic mass is 10.2. The molecule has 0 bridgehead atoms. The molecule has 0 aliphatic heterocycles. The maximum absolute atomic E-state index is 5.40. The molecule has 0 saturated carbocycles. The number of hydrogen-bond acceptors (Lipinski definition) is 3. The third kappa shape index (κ3) is 2.16. The fourth-order valence-electron chi connectivity index (χ4n) is 2.14. The largest absolute Gasteiger partial charge is 0.494 e. The van der Waals surface area contributed by atoms with Crippen molar-refractivity contribution in [3.63, 3.8) is 0 Å². The minimum Gasteiger partial charge on any atom is -0.494 e. The van der Waals surface area contributed by atoms with Crippen molar-refractivity contribution in [3.05, 3.63) is 61.1 Å². The summed E-state index contributed by atoms with van der Waals surface area (Å²) in [5.41, 5.74) is 2.82. The van der Waals surface area contributed by atoms with Crippen LogP contribution >= 0.6 is 0 Å². The van der Waals surface area contributed by atoms with E-state index in [0.29, 0.717) is 12.4 Å². The maximum Gasteiger partial charge on any atom is 0.122 e. The third-order valence-electron chi connectivity index (χ3n) is 3.09. The highest BCUT2D eigenvalue weighted by Gasteiger charge is 2.07. The summed E-state index contributed by atoms with van der Waals surface area (Å²) < 4.78 is 7.23. The van der Waals surface area contributed by atoms with Crippen LogP contribution in [-0.2, 0) is 4.74 Å². The molecule has 0 atom stereocenters. The molecule has 4 heteroatoms. The second kappa shape index (κ2) is 5.17. The molecule has 1 aromatic carbocycles. The standard InChI is InChI=1S/C16H15N3O/c1-3-20-12(2)13-10-18-19(11-13)16-8-4-7-15-14(16)6-5-9-17-15/h4-11H,2-3H2,1H3. The third-order valence-corrected chi connectivity index (χ3v) is 3.09. The van der Waals surface area contributed by atoms with E-state index in [9.17, 15) is 0 Å². The Bertz CT molecular complexity index is 756. The first-order valence-electron chi connectivity index (χ1n) is 6.50. The van der Waals surface area contributed by atoms with E-state index in [1.807, 2.05) is 48.1 Å². The van der Waals surface area contributed by atoms with Crippen molar-refractivity contribution in [2.45, 2.75) is 6.92 Å². The fraction of sp³-hybridized carbons (Fsp3) is 0.125. The fourth-order valence-corrected chi connectivity index (χ4v) is 2.14. The van der Waals surface area contributed by atoms with Crippen molar-refractivity contribution < 1.29 is 4.74 Å². The zero-order chi connectivity index (χ0) is 13.9. The molecule has 0 fully saturated rings. The minimum atomic E-state index is 0.599. The van der Waals surface area contributed by atoms with Gasteiger partial charge >= 0.3 is 0 Å². The molecular weight excluding hydrogens is 250 g/mol. The Morgan fingerprint density at radius 3 is 3.05 bits per heavy atom. The Balaban J connectivity index is 2.06. The van der Waals surface area contributed by atoms with E-state index in [1.165, 1.54) is 0 Å². The highest BCUT2D eigenvalue weighted by molar-refractivity contribution is 5.86. The molecule has 0 amide bonds. The molecule has 2 heterocycles. The zero-order valence-corrected chi connectivity index (χ0v) is 11.3. The van der Waals surface area contributed by atoms with Crippen LogP contribution in [0.25, 0.3) is 22.3 Å². The SMILES string of the molecule is C=C(OCC)c1cnn(-c2cccc3ncccc23)c1. The number of benzene rings is 1. The zero-order valence-electron chi connectivity index (χ0n) is 11.3. The summed E-state index contributed by atoms with van der Waals surface area (Å²) in [6, 6.07) is 9.95. The molecule has 3 aromatic rings. The summed E-state index contributed by atoms with van der Waals surface area (Å²) in [5, 5.41) is 5.45. The summed E-state index contributed by atoms with van der Waals surface area (Å²) in [5.74, 6) is 0.636. The van der Waals surface area contributed by atoms with E-state index in [4.69, 9.17) is 4.74 Å². The number of nitrogens with zero attached hydrogens (tertiary/aromatic N) is 3. The van der Waals surface area contributed by atoms with Gasteiger partial charge in [0.2, 0.25) is 0 Å². The van der Waals surface area contributed by atoms with E-state index in [2.05, 4.69) is 16.7 Å².